The van der Waals surface area contributed by atoms with Gasteiger partial charge in [-0.25, -0.2) is 0 Å². The number of methoxy groups -OCH3 is 1. The monoisotopic (exact) mass is 602 g/mol. The van der Waals surface area contributed by atoms with Crippen molar-refractivity contribution in [2.75, 3.05) is 33.5 Å². The van der Waals surface area contributed by atoms with Crippen molar-refractivity contribution >= 4 is 8.32 Å². The van der Waals surface area contributed by atoms with Crippen molar-refractivity contribution in [1.29, 1.82) is 0 Å². The maximum absolute atomic E-state index is 6.94. The van der Waals surface area contributed by atoms with Crippen LogP contribution in [0.2, 0.25) is 18.1 Å². The first kappa shape index (κ1) is 32.4. The smallest absolute Gasteiger partial charge is 0.191 e. The van der Waals surface area contributed by atoms with Gasteiger partial charge in [0.25, 0.3) is 0 Å². The van der Waals surface area contributed by atoms with Crippen LogP contribution >= 0.6 is 0 Å². The molecule has 0 radical (unpaired) electrons. The van der Waals surface area contributed by atoms with E-state index < -0.39 is 14.1 Å². The van der Waals surface area contributed by atoms with Crippen LogP contribution in [-0.2, 0) is 30.0 Å². The molecule has 8 atom stereocenters. The normalized spacial score (nSPS) is 33.7. The maximum atomic E-state index is 6.94. The third-order valence-electron chi connectivity index (χ3n) is 11.8. The number of rotatable bonds is 11. The number of ether oxygens (including phenoxy) is 5. The quantitative estimate of drug-likeness (QED) is 0.191. The predicted molar refractivity (Wildman–Crippen MR) is 169 cm³/mol. The highest BCUT2D eigenvalue weighted by Crippen LogP contribution is 2.65. The molecule has 1 spiro atoms. The average Bonchev–Trinajstić information content (AvgIpc) is 3.41. The van der Waals surface area contributed by atoms with Crippen molar-refractivity contribution in [3.05, 3.63) is 29.8 Å². The molecule has 2 heterocycles. The van der Waals surface area contributed by atoms with Crippen LogP contribution in [0.1, 0.15) is 73.3 Å². The molecule has 4 aliphatic rings. The summed E-state index contributed by atoms with van der Waals surface area (Å²) in [6.45, 7) is 24.8. The van der Waals surface area contributed by atoms with Crippen LogP contribution in [0.4, 0.5) is 0 Å². The second kappa shape index (κ2) is 12.1. The molecule has 2 saturated heterocycles. The van der Waals surface area contributed by atoms with Gasteiger partial charge in [-0.05, 0) is 90.6 Å². The fourth-order valence-electron chi connectivity index (χ4n) is 8.12. The highest BCUT2D eigenvalue weighted by Gasteiger charge is 2.69. The van der Waals surface area contributed by atoms with Gasteiger partial charge >= 0.3 is 0 Å². The van der Waals surface area contributed by atoms with E-state index in [2.05, 4.69) is 73.7 Å². The maximum Gasteiger partial charge on any atom is 0.191 e. The van der Waals surface area contributed by atoms with Crippen LogP contribution in [0.5, 0.6) is 5.75 Å². The zero-order valence-electron chi connectivity index (χ0n) is 28.0. The minimum atomic E-state index is -1.86. The van der Waals surface area contributed by atoms with Crippen molar-refractivity contribution < 1.29 is 28.1 Å². The summed E-state index contributed by atoms with van der Waals surface area (Å²) in [5, 5.41) is 0.201. The second-order valence-electron chi connectivity index (χ2n) is 16.0. The van der Waals surface area contributed by atoms with Crippen LogP contribution in [0, 0.1) is 41.4 Å². The topological polar surface area (TPSA) is 58.7 Å². The van der Waals surface area contributed by atoms with Gasteiger partial charge < -0.3 is 28.1 Å². The molecular weight excluding hydrogens is 544 g/mol. The summed E-state index contributed by atoms with van der Waals surface area (Å²) in [6, 6.07) is 8.17. The molecule has 2 aliphatic carbocycles. The molecule has 0 aromatic heterocycles. The Bertz CT molecular complexity index is 1040. The first-order valence-electron chi connectivity index (χ1n) is 16.5. The lowest BCUT2D eigenvalue weighted by molar-refractivity contribution is -0.228. The molecule has 4 fully saturated rings. The van der Waals surface area contributed by atoms with Gasteiger partial charge in [-0.1, -0.05) is 53.7 Å². The molecule has 0 unspecified atom stereocenters. The molecule has 1 aromatic rings. The summed E-state index contributed by atoms with van der Waals surface area (Å²) in [7, 11) is -0.163. The highest BCUT2D eigenvalue weighted by molar-refractivity contribution is 6.74. The lowest BCUT2D eigenvalue weighted by atomic mass is 9.53. The number of hydrogen-bond acceptors (Lipinski definition) is 6. The van der Waals surface area contributed by atoms with E-state index in [1.807, 2.05) is 12.1 Å². The summed E-state index contributed by atoms with van der Waals surface area (Å²) in [4.78, 5) is 0. The van der Waals surface area contributed by atoms with E-state index in [1.54, 1.807) is 7.11 Å². The Morgan fingerprint density at radius 3 is 2.21 bits per heavy atom. The first-order valence-corrected chi connectivity index (χ1v) is 19.4. The predicted octanol–water partition coefficient (Wildman–Crippen LogP) is 7.70. The summed E-state index contributed by atoms with van der Waals surface area (Å²) in [6.07, 6.45) is 3.32. The van der Waals surface area contributed by atoms with Gasteiger partial charge in [-0.15, -0.1) is 0 Å². The zero-order chi connectivity index (χ0) is 30.5. The van der Waals surface area contributed by atoms with Gasteiger partial charge in [0.15, 0.2) is 14.1 Å². The Labute approximate surface area is 256 Å². The van der Waals surface area contributed by atoms with E-state index in [4.69, 9.17) is 28.1 Å². The van der Waals surface area contributed by atoms with Crippen LogP contribution < -0.4 is 4.74 Å². The summed E-state index contributed by atoms with van der Waals surface area (Å²) < 4.78 is 38.2. The largest absolute Gasteiger partial charge is 0.497 e. The van der Waals surface area contributed by atoms with Gasteiger partial charge in [0, 0.05) is 26.1 Å². The van der Waals surface area contributed by atoms with E-state index in [0.717, 1.165) is 31.6 Å². The van der Waals surface area contributed by atoms with Gasteiger partial charge in [-0.2, -0.15) is 0 Å². The Kier molecular flexibility index (Phi) is 9.34. The fourth-order valence-corrected chi connectivity index (χ4v) is 9.17. The molecule has 0 N–H and O–H groups in total. The van der Waals surface area contributed by atoms with Crippen molar-refractivity contribution in [2.24, 2.45) is 41.4 Å². The molecule has 2 aliphatic heterocycles. The van der Waals surface area contributed by atoms with Crippen LogP contribution in [-0.4, -0.2) is 59.3 Å². The second-order valence-corrected chi connectivity index (χ2v) is 20.8. The first-order chi connectivity index (χ1) is 19.7. The molecule has 0 amide bonds. The minimum absolute atomic E-state index is 0.0280. The summed E-state index contributed by atoms with van der Waals surface area (Å²) in [5.74, 6) is 3.69. The highest BCUT2D eigenvalue weighted by atomic mass is 28.4. The number of benzene rings is 1. The lowest BCUT2D eigenvalue weighted by Crippen LogP contribution is -2.56. The van der Waals surface area contributed by atoms with Gasteiger partial charge in [0.2, 0.25) is 0 Å². The number of hydrogen-bond donors (Lipinski definition) is 0. The van der Waals surface area contributed by atoms with E-state index in [-0.39, 0.29) is 10.6 Å². The van der Waals surface area contributed by atoms with Crippen LogP contribution in [0.15, 0.2) is 24.3 Å². The molecule has 238 valence electrons. The zero-order valence-corrected chi connectivity index (χ0v) is 29.0. The van der Waals surface area contributed by atoms with E-state index >= 15 is 0 Å². The molecule has 1 aromatic carbocycles. The molecule has 7 heteroatoms. The number of epoxide rings is 1. The third-order valence-corrected chi connectivity index (χ3v) is 16.3. The van der Waals surface area contributed by atoms with Crippen molar-refractivity contribution in [3.8, 4) is 5.75 Å². The van der Waals surface area contributed by atoms with E-state index in [1.165, 1.54) is 5.56 Å². The molecule has 5 rings (SSSR count). The van der Waals surface area contributed by atoms with Gasteiger partial charge in [0.05, 0.1) is 38.6 Å². The third kappa shape index (κ3) is 6.52. The Hall–Kier alpha value is -0.963. The van der Waals surface area contributed by atoms with E-state index in [0.29, 0.717) is 74.0 Å². The van der Waals surface area contributed by atoms with Crippen LogP contribution in [0.25, 0.3) is 0 Å². The van der Waals surface area contributed by atoms with Gasteiger partial charge in [0.1, 0.15) is 5.75 Å². The molecular formula is C35H58O6Si. The lowest BCUT2D eigenvalue weighted by Gasteiger charge is -2.54. The Balaban J connectivity index is 1.36. The molecule has 42 heavy (non-hydrogen) atoms. The van der Waals surface area contributed by atoms with Crippen molar-refractivity contribution in [3.63, 3.8) is 0 Å². The van der Waals surface area contributed by atoms with Crippen molar-refractivity contribution in [2.45, 2.75) is 110 Å². The molecule has 2 saturated carbocycles. The van der Waals surface area contributed by atoms with E-state index in [9.17, 15) is 0 Å². The van der Waals surface area contributed by atoms with Gasteiger partial charge in [-0.3, -0.25) is 0 Å². The molecule has 0 bridgehead atoms. The SMILES string of the molecule is COc1ccc(COC[C@@H](C)[C@@H]2CC3(C[C@@H]4[C@H]([C@H](CO[Si](C)(C)C(C)(C)C)C(C)C)C[C@@]5(C)O[C@H]5[C@@H]42)OCCO3)cc1. The Morgan fingerprint density at radius 1 is 0.952 bits per heavy atom. The fraction of sp³-hybridized carbons (Fsp3) is 0.829. The summed E-state index contributed by atoms with van der Waals surface area (Å²) in [5.41, 5.74) is 1.14. The standard InChI is InChI=1S/C35H58O6Si/c1-23(2)30(22-40-42(9,10)33(4,5)6)28-17-34(7)32(41-34)31-27(18-35(19-29(28)31)38-15-16-39-35)24(3)20-37-21-25-11-13-26(36-8)14-12-25/h11-14,23-24,27-32H,15-22H2,1-10H3/t24-,27+,28-,29-,30-,31-,32+,34-/m1/s1. The average molecular weight is 603 g/mol. The summed E-state index contributed by atoms with van der Waals surface area (Å²) >= 11 is 0. The Morgan fingerprint density at radius 2 is 1.62 bits per heavy atom. The van der Waals surface area contributed by atoms with Crippen LogP contribution in [0.3, 0.4) is 0 Å². The van der Waals surface area contributed by atoms with Crippen molar-refractivity contribution in [1.82, 2.24) is 0 Å². The molecule has 6 nitrogen and oxygen atoms in total. The number of fused-ring (bicyclic) bond motifs is 3. The minimum Gasteiger partial charge on any atom is -0.497 e.